The molecule has 2 aliphatic rings. The van der Waals surface area contributed by atoms with Gasteiger partial charge in [0.15, 0.2) is 0 Å². The number of nitrogens with one attached hydrogen (secondary N) is 2. The van der Waals surface area contributed by atoms with E-state index < -0.39 is 10.0 Å². The Bertz CT molecular complexity index is 336. The second-order valence-corrected chi connectivity index (χ2v) is 7.57. The van der Waals surface area contributed by atoms with Crippen LogP contribution in [-0.4, -0.2) is 32.8 Å². The summed E-state index contributed by atoms with van der Waals surface area (Å²) >= 11 is 0. The maximum atomic E-state index is 12.2. The van der Waals surface area contributed by atoms with E-state index in [1.807, 2.05) is 0 Å². The Morgan fingerprint density at radius 2 is 1.82 bits per heavy atom. The van der Waals surface area contributed by atoms with E-state index in [0.717, 1.165) is 45.2 Å². The van der Waals surface area contributed by atoms with E-state index >= 15 is 0 Å². The van der Waals surface area contributed by atoms with E-state index in [1.54, 1.807) is 0 Å². The van der Waals surface area contributed by atoms with Crippen LogP contribution >= 0.6 is 0 Å². The Labute approximate surface area is 105 Å². The monoisotopic (exact) mass is 260 g/mol. The van der Waals surface area contributed by atoms with Gasteiger partial charge in [-0.05, 0) is 44.7 Å². The standard InChI is InChI=1S/C12H24N2O2S/c1-10-3-2-4-11(9-10)14-17(15,16)12-5-7-13-8-6-12/h10-14H,2-9H2,1H3. The van der Waals surface area contributed by atoms with Crippen LogP contribution < -0.4 is 10.0 Å². The van der Waals surface area contributed by atoms with Crippen LogP contribution in [-0.2, 0) is 10.0 Å². The SMILES string of the molecule is CC1CCCC(NS(=O)(=O)C2CCNCC2)C1. The molecule has 2 fully saturated rings. The molecular formula is C12H24N2O2S. The summed E-state index contributed by atoms with van der Waals surface area (Å²) in [7, 11) is -3.10. The summed E-state index contributed by atoms with van der Waals surface area (Å²) < 4.78 is 27.4. The van der Waals surface area contributed by atoms with Gasteiger partial charge in [-0.25, -0.2) is 13.1 Å². The van der Waals surface area contributed by atoms with Crippen LogP contribution in [0.25, 0.3) is 0 Å². The minimum Gasteiger partial charge on any atom is -0.317 e. The Balaban J connectivity index is 1.91. The molecule has 0 aromatic heterocycles. The third-order valence-corrected chi connectivity index (χ3v) is 6.00. The lowest BCUT2D eigenvalue weighted by molar-refractivity contribution is 0.325. The fraction of sp³-hybridized carbons (Fsp3) is 1.00. The predicted molar refractivity (Wildman–Crippen MR) is 69.4 cm³/mol. The maximum Gasteiger partial charge on any atom is 0.214 e. The quantitative estimate of drug-likeness (QED) is 0.802. The van der Waals surface area contributed by atoms with Gasteiger partial charge in [0.1, 0.15) is 0 Å². The zero-order chi connectivity index (χ0) is 12.3. The van der Waals surface area contributed by atoms with Gasteiger partial charge < -0.3 is 5.32 Å². The molecule has 1 aliphatic heterocycles. The van der Waals surface area contributed by atoms with Crippen LogP contribution in [0.4, 0.5) is 0 Å². The number of hydrogen-bond acceptors (Lipinski definition) is 3. The molecule has 5 heteroatoms. The van der Waals surface area contributed by atoms with E-state index in [-0.39, 0.29) is 11.3 Å². The number of rotatable bonds is 3. The molecular weight excluding hydrogens is 236 g/mol. The maximum absolute atomic E-state index is 12.2. The highest BCUT2D eigenvalue weighted by atomic mass is 32.2. The summed E-state index contributed by atoms with van der Waals surface area (Å²) in [5.74, 6) is 0.657. The van der Waals surface area contributed by atoms with E-state index in [9.17, 15) is 8.42 Å². The van der Waals surface area contributed by atoms with Gasteiger partial charge >= 0.3 is 0 Å². The highest BCUT2D eigenvalue weighted by Crippen LogP contribution is 2.25. The van der Waals surface area contributed by atoms with E-state index in [4.69, 9.17) is 0 Å². The van der Waals surface area contributed by atoms with Crippen LogP contribution in [0.1, 0.15) is 45.4 Å². The molecule has 0 aromatic carbocycles. The predicted octanol–water partition coefficient (Wildman–Crippen LogP) is 1.24. The topological polar surface area (TPSA) is 58.2 Å². The van der Waals surface area contributed by atoms with Crippen molar-refractivity contribution in [2.24, 2.45) is 5.92 Å². The zero-order valence-corrected chi connectivity index (χ0v) is 11.4. The van der Waals surface area contributed by atoms with Gasteiger partial charge in [0.25, 0.3) is 0 Å². The van der Waals surface area contributed by atoms with Crippen LogP contribution in [0.3, 0.4) is 0 Å². The lowest BCUT2D eigenvalue weighted by atomic mass is 9.88. The molecule has 0 aromatic rings. The van der Waals surface area contributed by atoms with Crippen molar-refractivity contribution in [2.75, 3.05) is 13.1 Å². The van der Waals surface area contributed by atoms with Gasteiger partial charge in [0.2, 0.25) is 10.0 Å². The molecule has 2 unspecified atom stereocenters. The van der Waals surface area contributed by atoms with Crippen LogP contribution in [0.5, 0.6) is 0 Å². The highest BCUT2D eigenvalue weighted by molar-refractivity contribution is 7.90. The first-order valence-electron chi connectivity index (χ1n) is 6.80. The minimum atomic E-state index is -3.10. The largest absolute Gasteiger partial charge is 0.317 e. The Morgan fingerprint density at radius 3 is 2.47 bits per heavy atom. The summed E-state index contributed by atoms with van der Waals surface area (Å²) in [6.45, 7) is 3.87. The Morgan fingerprint density at radius 1 is 1.12 bits per heavy atom. The van der Waals surface area contributed by atoms with Crippen LogP contribution in [0, 0.1) is 5.92 Å². The van der Waals surface area contributed by atoms with Gasteiger partial charge in [-0.15, -0.1) is 0 Å². The molecule has 1 saturated heterocycles. The molecule has 2 rings (SSSR count). The van der Waals surface area contributed by atoms with Crippen molar-refractivity contribution in [3.63, 3.8) is 0 Å². The summed E-state index contributed by atoms with van der Waals surface area (Å²) in [6.07, 6.45) is 5.90. The zero-order valence-electron chi connectivity index (χ0n) is 10.6. The van der Waals surface area contributed by atoms with E-state index in [1.165, 1.54) is 6.42 Å². The lowest BCUT2D eigenvalue weighted by Crippen LogP contribution is -2.46. The molecule has 0 amide bonds. The van der Waals surface area contributed by atoms with Gasteiger partial charge in [-0.2, -0.15) is 0 Å². The number of piperidine rings is 1. The molecule has 1 heterocycles. The normalized spacial score (nSPS) is 32.5. The fourth-order valence-corrected chi connectivity index (χ4v) is 4.70. The molecule has 0 radical (unpaired) electrons. The van der Waals surface area contributed by atoms with Crippen molar-refractivity contribution in [2.45, 2.75) is 56.7 Å². The first-order chi connectivity index (χ1) is 8.08. The van der Waals surface area contributed by atoms with E-state index in [2.05, 4.69) is 17.0 Å². The van der Waals surface area contributed by atoms with Gasteiger partial charge in [-0.1, -0.05) is 19.8 Å². The van der Waals surface area contributed by atoms with Crippen molar-refractivity contribution in [3.8, 4) is 0 Å². The molecule has 0 spiro atoms. The average molecular weight is 260 g/mol. The molecule has 1 saturated carbocycles. The molecule has 2 atom stereocenters. The van der Waals surface area contributed by atoms with Crippen molar-refractivity contribution in [1.82, 2.24) is 10.0 Å². The second-order valence-electron chi connectivity index (χ2n) is 5.58. The average Bonchev–Trinajstić information content (AvgIpc) is 2.29. The fourth-order valence-electron chi connectivity index (χ4n) is 2.98. The molecule has 4 nitrogen and oxygen atoms in total. The van der Waals surface area contributed by atoms with Gasteiger partial charge in [-0.3, -0.25) is 0 Å². The van der Waals surface area contributed by atoms with Gasteiger partial charge in [0, 0.05) is 6.04 Å². The summed E-state index contributed by atoms with van der Waals surface area (Å²) in [5.41, 5.74) is 0. The number of sulfonamides is 1. The van der Waals surface area contributed by atoms with Crippen LogP contribution in [0.15, 0.2) is 0 Å². The van der Waals surface area contributed by atoms with Crippen LogP contribution in [0.2, 0.25) is 0 Å². The van der Waals surface area contributed by atoms with Crippen molar-refractivity contribution in [1.29, 1.82) is 0 Å². The first-order valence-corrected chi connectivity index (χ1v) is 8.34. The molecule has 0 bridgehead atoms. The summed E-state index contributed by atoms with van der Waals surface area (Å²) in [5, 5.41) is 3.03. The number of hydrogen-bond donors (Lipinski definition) is 2. The molecule has 1 aliphatic carbocycles. The Kier molecular flexibility index (Phi) is 4.44. The lowest BCUT2D eigenvalue weighted by Gasteiger charge is -2.30. The highest BCUT2D eigenvalue weighted by Gasteiger charge is 2.30. The minimum absolute atomic E-state index is 0.179. The first kappa shape index (κ1) is 13.3. The molecule has 17 heavy (non-hydrogen) atoms. The Hall–Kier alpha value is -0.130. The smallest absolute Gasteiger partial charge is 0.214 e. The molecule has 2 N–H and O–H groups in total. The molecule has 100 valence electrons. The van der Waals surface area contributed by atoms with E-state index in [0.29, 0.717) is 5.92 Å². The third kappa shape index (κ3) is 3.66. The van der Waals surface area contributed by atoms with Crippen molar-refractivity contribution < 1.29 is 8.42 Å². The van der Waals surface area contributed by atoms with Crippen molar-refractivity contribution in [3.05, 3.63) is 0 Å². The summed E-state index contributed by atoms with van der Waals surface area (Å²) in [4.78, 5) is 0. The van der Waals surface area contributed by atoms with Crippen molar-refractivity contribution >= 4 is 10.0 Å². The second kappa shape index (κ2) is 5.67. The summed E-state index contributed by atoms with van der Waals surface area (Å²) in [6, 6.07) is 0.179. The van der Waals surface area contributed by atoms with Gasteiger partial charge in [0.05, 0.1) is 5.25 Å². The third-order valence-electron chi connectivity index (χ3n) is 3.99.